The van der Waals surface area contributed by atoms with Crippen LogP contribution in [0.25, 0.3) is 11.0 Å². The summed E-state index contributed by atoms with van der Waals surface area (Å²) in [6.07, 6.45) is 3.42. The third-order valence-corrected chi connectivity index (χ3v) is 5.40. The van der Waals surface area contributed by atoms with E-state index in [0.717, 1.165) is 24.2 Å². The number of aromatic nitrogens is 2. The minimum Gasteiger partial charge on any atom is -0.507 e. The summed E-state index contributed by atoms with van der Waals surface area (Å²) in [6.45, 7) is 0.0408. The molecule has 6 nitrogen and oxygen atoms in total. The molecule has 0 atom stereocenters. The predicted molar refractivity (Wildman–Crippen MR) is 111 cm³/mol. The van der Waals surface area contributed by atoms with Gasteiger partial charge in [0.05, 0.1) is 27.3 Å². The standard InChI is InChI=1S/C19H15Cl3N4O2/c20-12-3-4-17(27)11(5-12)8-23-25-18(28)9-26-16-7-14(22)13(21)6-15(16)24-19(26)10-1-2-10/h3-8,10,27H,1-2,9H2,(H,25,28)/b23-8+. The highest BCUT2D eigenvalue weighted by Crippen LogP contribution is 2.41. The van der Waals surface area contributed by atoms with Gasteiger partial charge < -0.3 is 9.67 Å². The van der Waals surface area contributed by atoms with E-state index in [1.54, 1.807) is 24.3 Å². The number of carbonyl (C=O) groups excluding carboxylic acids is 1. The summed E-state index contributed by atoms with van der Waals surface area (Å²) in [5.74, 6) is 0.875. The summed E-state index contributed by atoms with van der Waals surface area (Å²) in [7, 11) is 0. The first-order valence-corrected chi connectivity index (χ1v) is 9.71. The molecule has 4 rings (SSSR count). The van der Waals surface area contributed by atoms with Gasteiger partial charge in [-0.2, -0.15) is 5.10 Å². The molecule has 9 heteroatoms. The van der Waals surface area contributed by atoms with E-state index in [-0.39, 0.29) is 18.2 Å². The largest absolute Gasteiger partial charge is 0.507 e. The Morgan fingerprint density at radius 2 is 2.00 bits per heavy atom. The second-order valence-electron chi connectivity index (χ2n) is 6.58. The molecule has 0 aliphatic heterocycles. The van der Waals surface area contributed by atoms with Crippen molar-refractivity contribution in [2.75, 3.05) is 0 Å². The molecule has 2 N–H and O–H groups in total. The van der Waals surface area contributed by atoms with E-state index in [0.29, 0.717) is 32.1 Å². The zero-order valence-electron chi connectivity index (χ0n) is 14.5. The first-order valence-electron chi connectivity index (χ1n) is 8.58. The molecule has 1 amide bonds. The van der Waals surface area contributed by atoms with E-state index in [9.17, 15) is 9.90 Å². The van der Waals surface area contributed by atoms with Crippen molar-refractivity contribution < 1.29 is 9.90 Å². The van der Waals surface area contributed by atoms with Crippen LogP contribution in [0.3, 0.4) is 0 Å². The highest BCUT2D eigenvalue weighted by Gasteiger charge is 2.30. The molecule has 2 aromatic carbocycles. The fourth-order valence-electron chi connectivity index (χ4n) is 2.94. The number of hydrogen-bond donors (Lipinski definition) is 2. The van der Waals surface area contributed by atoms with Crippen molar-refractivity contribution >= 4 is 58.0 Å². The van der Waals surface area contributed by atoms with Crippen LogP contribution in [0.4, 0.5) is 0 Å². The number of nitrogens with one attached hydrogen (secondary N) is 1. The second kappa shape index (κ2) is 7.62. The van der Waals surface area contributed by atoms with Gasteiger partial charge in [-0.3, -0.25) is 4.79 Å². The average Bonchev–Trinajstić information content (AvgIpc) is 3.44. The SMILES string of the molecule is O=C(Cn1c(C2CC2)nc2cc(Cl)c(Cl)cc21)N/N=C/c1cc(Cl)ccc1O. The number of halogens is 3. The highest BCUT2D eigenvalue weighted by molar-refractivity contribution is 6.42. The quantitative estimate of drug-likeness (QED) is 0.447. The number of aromatic hydroxyl groups is 1. The molecule has 0 radical (unpaired) electrons. The number of amides is 1. The normalized spacial score (nSPS) is 14.1. The van der Waals surface area contributed by atoms with Crippen molar-refractivity contribution in [3.8, 4) is 5.75 Å². The Hall–Kier alpha value is -2.28. The third kappa shape index (κ3) is 3.94. The van der Waals surface area contributed by atoms with E-state index in [1.165, 1.54) is 12.3 Å². The molecule has 1 fully saturated rings. The molecule has 1 aromatic heterocycles. The molecule has 3 aromatic rings. The van der Waals surface area contributed by atoms with E-state index >= 15 is 0 Å². The van der Waals surface area contributed by atoms with Gasteiger partial charge in [0.15, 0.2) is 0 Å². The molecule has 1 saturated carbocycles. The maximum atomic E-state index is 12.4. The van der Waals surface area contributed by atoms with Crippen LogP contribution < -0.4 is 5.43 Å². The van der Waals surface area contributed by atoms with E-state index in [2.05, 4.69) is 15.5 Å². The molecule has 1 heterocycles. The van der Waals surface area contributed by atoms with Crippen LogP contribution in [0.1, 0.15) is 30.1 Å². The van der Waals surface area contributed by atoms with Crippen molar-refractivity contribution in [2.24, 2.45) is 5.10 Å². The summed E-state index contributed by atoms with van der Waals surface area (Å²) < 4.78 is 1.84. The first-order chi connectivity index (χ1) is 13.4. The van der Waals surface area contributed by atoms with Gasteiger partial charge in [0.1, 0.15) is 18.1 Å². The molecular formula is C19H15Cl3N4O2. The number of nitrogens with zero attached hydrogens (tertiary/aromatic N) is 3. The van der Waals surface area contributed by atoms with Crippen LogP contribution in [0.5, 0.6) is 5.75 Å². The average molecular weight is 438 g/mol. The van der Waals surface area contributed by atoms with Gasteiger partial charge >= 0.3 is 0 Å². The molecule has 144 valence electrons. The topological polar surface area (TPSA) is 79.5 Å². The smallest absolute Gasteiger partial charge is 0.260 e. The maximum absolute atomic E-state index is 12.4. The minimum atomic E-state index is -0.329. The number of imidazole rings is 1. The molecule has 1 aliphatic rings. The van der Waals surface area contributed by atoms with Crippen molar-refractivity contribution in [2.45, 2.75) is 25.3 Å². The van der Waals surface area contributed by atoms with Crippen molar-refractivity contribution in [3.63, 3.8) is 0 Å². The summed E-state index contributed by atoms with van der Waals surface area (Å²) in [6, 6.07) is 8.00. The highest BCUT2D eigenvalue weighted by atomic mass is 35.5. The molecule has 0 unspecified atom stereocenters. The minimum absolute atomic E-state index is 0.0190. The Kier molecular flexibility index (Phi) is 5.19. The monoisotopic (exact) mass is 436 g/mol. The van der Waals surface area contributed by atoms with Gasteiger partial charge in [0.25, 0.3) is 5.91 Å². The van der Waals surface area contributed by atoms with Crippen LogP contribution >= 0.6 is 34.8 Å². The number of fused-ring (bicyclic) bond motifs is 1. The predicted octanol–water partition coefficient (Wildman–Crippen LogP) is 4.73. The van der Waals surface area contributed by atoms with E-state index < -0.39 is 0 Å². The molecule has 0 bridgehead atoms. The summed E-state index contributed by atoms with van der Waals surface area (Å²) in [5.41, 5.74) is 4.32. The van der Waals surface area contributed by atoms with Crippen molar-refractivity contribution in [3.05, 3.63) is 56.8 Å². The van der Waals surface area contributed by atoms with Crippen LogP contribution in [0.2, 0.25) is 15.1 Å². The van der Waals surface area contributed by atoms with Crippen molar-refractivity contribution in [1.29, 1.82) is 0 Å². The molecule has 0 saturated heterocycles. The number of rotatable bonds is 5. The van der Waals surface area contributed by atoms with Gasteiger partial charge in [-0.15, -0.1) is 0 Å². The Labute approximate surface area is 175 Å². The van der Waals surface area contributed by atoms with E-state index in [4.69, 9.17) is 34.8 Å². The number of carbonyl (C=O) groups is 1. The third-order valence-electron chi connectivity index (χ3n) is 4.45. The maximum Gasteiger partial charge on any atom is 0.260 e. The molecular weight excluding hydrogens is 423 g/mol. The van der Waals surface area contributed by atoms with Crippen molar-refractivity contribution in [1.82, 2.24) is 15.0 Å². The molecule has 1 aliphatic carbocycles. The van der Waals surface area contributed by atoms with Crippen LogP contribution in [0, 0.1) is 0 Å². The van der Waals surface area contributed by atoms with E-state index in [1.807, 2.05) is 4.57 Å². The van der Waals surface area contributed by atoms with Crippen LogP contribution in [-0.2, 0) is 11.3 Å². The zero-order chi connectivity index (χ0) is 19.8. The van der Waals surface area contributed by atoms with Gasteiger partial charge in [0.2, 0.25) is 0 Å². The first kappa shape index (κ1) is 19.1. The lowest BCUT2D eigenvalue weighted by Crippen LogP contribution is -2.24. The van der Waals surface area contributed by atoms with Gasteiger partial charge in [-0.1, -0.05) is 34.8 Å². The fourth-order valence-corrected chi connectivity index (χ4v) is 3.44. The Morgan fingerprint density at radius 3 is 2.75 bits per heavy atom. The Morgan fingerprint density at radius 1 is 1.25 bits per heavy atom. The lowest BCUT2D eigenvalue weighted by atomic mass is 10.2. The summed E-state index contributed by atoms with van der Waals surface area (Å²) in [5, 5.41) is 15.0. The number of hydrogen-bond acceptors (Lipinski definition) is 4. The van der Waals surface area contributed by atoms with Crippen LogP contribution in [-0.4, -0.2) is 26.8 Å². The molecule has 0 spiro atoms. The Balaban J connectivity index is 1.55. The van der Waals surface area contributed by atoms with Gasteiger partial charge in [0, 0.05) is 16.5 Å². The summed E-state index contributed by atoms with van der Waals surface area (Å²) >= 11 is 18.1. The molecule has 28 heavy (non-hydrogen) atoms. The lowest BCUT2D eigenvalue weighted by molar-refractivity contribution is -0.121. The number of phenolic OH excluding ortho intramolecular Hbond substituents is 1. The Bertz CT molecular complexity index is 1110. The lowest BCUT2D eigenvalue weighted by Gasteiger charge is -2.08. The second-order valence-corrected chi connectivity index (χ2v) is 7.83. The summed E-state index contributed by atoms with van der Waals surface area (Å²) in [4.78, 5) is 17.1. The number of benzene rings is 2. The number of hydrazone groups is 1. The van der Waals surface area contributed by atoms with Gasteiger partial charge in [-0.25, -0.2) is 10.4 Å². The number of phenols is 1. The van der Waals surface area contributed by atoms with Gasteiger partial charge in [-0.05, 0) is 43.2 Å². The zero-order valence-corrected chi connectivity index (χ0v) is 16.8. The fraction of sp³-hybridized carbons (Fsp3) is 0.211. The van der Waals surface area contributed by atoms with Crippen LogP contribution in [0.15, 0.2) is 35.4 Å².